The Kier molecular flexibility index (Phi) is 11.0. The lowest BCUT2D eigenvalue weighted by molar-refractivity contribution is -0.138. The average Bonchev–Trinajstić information content (AvgIpc) is 3.43. The Balaban J connectivity index is 1.24. The highest BCUT2D eigenvalue weighted by Crippen LogP contribution is 2.40. The van der Waals surface area contributed by atoms with Crippen LogP contribution in [0.4, 0.5) is 0 Å². The molecule has 0 spiro atoms. The van der Waals surface area contributed by atoms with Crippen LogP contribution in [0.15, 0.2) is 76.9 Å². The number of benzene rings is 1. The lowest BCUT2D eigenvalue weighted by atomic mass is 9.72. The summed E-state index contributed by atoms with van der Waals surface area (Å²) in [6, 6.07) is 4.97. The number of fused-ring (bicyclic) bond motifs is 1. The van der Waals surface area contributed by atoms with Crippen molar-refractivity contribution in [3.05, 3.63) is 82.5 Å². The molecule has 1 aromatic carbocycles. The first-order valence-electron chi connectivity index (χ1n) is 15.3. The van der Waals surface area contributed by atoms with Crippen LogP contribution in [0.2, 0.25) is 0 Å². The first-order chi connectivity index (χ1) is 20.6. The Morgan fingerprint density at radius 1 is 1.07 bits per heavy atom. The van der Waals surface area contributed by atoms with E-state index < -0.39 is 18.6 Å². The molecule has 1 atom stereocenters. The molecule has 2 amide bonds. The summed E-state index contributed by atoms with van der Waals surface area (Å²) >= 11 is 0. The van der Waals surface area contributed by atoms with Gasteiger partial charge < -0.3 is 24.8 Å². The molecule has 1 fully saturated rings. The highest BCUT2D eigenvalue weighted by atomic mass is 16.7. The van der Waals surface area contributed by atoms with E-state index in [1.807, 2.05) is 43.4 Å². The minimum Gasteiger partial charge on any atom is -0.454 e. The van der Waals surface area contributed by atoms with Crippen LogP contribution in [0, 0.1) is 5.41 Å². The van der Waals surface area contributed by atoms with Gasteiger partial charge in [0.05, 0.1) is 6.61 Å². The van der Waals surface area contributed by atoms with Crippen LogP contribution < -0.4 is 14.8 Å². The molecule has 0 radical (unpaired) electrons. The molecule has 43 heavy (non-hydrogen) atoms. The third kappa shape index (κ3) is 8.94. The number of hydrogen-bond acceptors (Lipinski definition) is 6. The van der Waals surface area contributed by atoms with Crippen molar-refractivity contribution in [1.82, 2.24) is 15.1 Å². The highest BCUT2D eigenvalue weighted by Gasteiger charge is 2.28. The van der Waals surface area contributed by atoms with Crippen molar-refractivity contribution in [2.45, 2.75) is 66.5 Å². The van der Waals surface area contributed by atoms with Gasteiger partial charge in [-0.3, -0.25) is 14.5 Å². The second-order valence-corrected chi connectivity index (χ2v) is 12.5. The van der Waals surface area contributed by atoms with E-state index >= 15 is 0 Å². The molecule has 3 aliphatic rings. The second-order valence-electron chi connectivity index (χ2n) is 12.5. The number of amides is 2. The molecule has 2 aliphatic heterocycles. The lowest BCUT2D eigenvalue weighted by Crippen LogP contribution is -2.55. The Hall–Kier alpha value is -3.62. The van der Waals surface area contributed by atoms with E-state index in [2.05, 4.69) is 50.1 Å². The summed E-state index contributed by atoms with van der Waals surface area (Å²) in [5, 5.41) is 12.6. The molecule has 1 saturated heterocycles. The average molecular weight is 590 g/mol. The van der Waals surface area contributed by atoms with Gasteiger partial charge in [-0.1, -0.05) is 61.4 Å². The molecule has 8 heteroatoms. The van der Waals surface area contributed by atoms with Crippen LogP contribution in [0.1, 0.15) is 59.4 Å². The number of allylic oxidation sites excluding steroid dienone is 9. The van der Waals surface area contributed by atoms with Crippen LogP contribution in [0.3, 0.4) is 0 Å². The molecule has 2 heterocycles. The molecular formula is C35H47N3O5. The Bertz CT molecular complexity index is 1330. The zero-order valence-corrected chi connectivity index (χ0v) is 26.3. The van der Waals surface area contributed by atoms with E-state index in [0.717, 1.165) is 34.8 Å². The molecule has 8 nitrogen and oxygen atoms in total. The van der Waals surface area contributed by atoms with Crippen LogP contribution >= 0.6 is 0 Å². The van der Waals surface area contributed by atoms with E-state index in [9.17, 15) is 14.7 Å². The number of carbonyl (C=O) groups is 2. The first-order valence-corrected chi connectivity index (χ1v) is 15.3. The van der Waals surface area contributed by atoms with Gasteiger partial charge in [0, 0.05) is 38.8 Å². The third-order valence-electron chi connectivity index (χ3n) is 8.46. The van der Waals surface area contributed by atoms with Crippen molar-refractivity contribution >= 4 is 11.8 Å². The summed E-state index contributed by atoms with van der Waals surface area (Å²) in [6.45, 7) is 13.8. The predicted molar refractivity (Wildman–Crippen MR) is 170 cm³/mol. The first kappa shape index (κ1) is 32.3. The number of nitrogens with zero attached hydrogens (tertiary/aromatic N) is 2. The van der Waals surface area contributed by atoms with Gasteiger partial charge in [0.15, 0.2) is 11.5 Å². The normalized spacial score (nSPS) is 20.3. The number of rotatable bonds is 10. The third-order valence-corrected chi connectivity index (χ3v) is 8.46. The number of nitrogens with one attached hydrogen (secondary N) is 1. The van der Waals surface area contributed by atoms with Crippen molar-refractivity contribution < 1.29 is 24.2 Å². The maximum atomic E-state index is 13.1. The van der Waals surface area contributed by atoms with Crippen molar-refractivity contribution in [1.29, 1.82) is 0 Å². The SMILES string of the molecule is CC(C=CC1=C(C)CCCC1(C)C)=CC=CC(C)=CC(=O)N[C@@H](CO)C(=O)N1CCN(Cc2ccc3c(c2)OCO3)CC1. The Labute approximate surface area is 256 Å². The smallest absolute Gasteiger partial charge is 0.247 e. The lowest BCUT2D eigenvalue weighted by Gasteiger charge is -2.36. The van der Waals surface area contributed by atoms with Crippen LogP contribution in [0.5, 0.6) is 11.5 Å². The summed E-state index contributed by atoms with van der Waals surface area (Å²) in [4.78, 5) is 29.7. The molecule has 2 N–H and O–H groups in total. The summed E-state index contributed by atoms with van der Waals surface area (Å²) in [6.07, 6.45) is 15.3. The minimum absolute atomic E-state index is 0.207. The molecule has 0 unspecified atom stereocenters. The fraction of sp³-hybridized carbons (Fsp3) is 0.486. The molecule has 4 rings (SSSR count). The fourth-order valence-corrected chi connectivity index (χ4v) is 5.93. The number of hydrogen-bond donors (Lipinski definition) is 2. The van der Waals surface area contributed by atoms with Crippen molar-refractivity contribution in [2.24, 2.45) is 5.41 Å². The standard InChI is InChI=1S/C35H47N3O5/c1-25(11-13-29-27(3)10-7-15-35(29,4)5)8-6-9-26(2)20-33(40)36-30(23-39)34(41)38-18-16-37(17-19-38)22-28-12-14-31-32(21-28)43-24-42-31/h6,8-9,11-14,20-21,30,39H,7,10,15-19,22-24H2,1-5H3,(H,36,40)/t30-/m0/s1. The van der Waals surface area contributed by atoms with Crippen molar-refractivity contribution in [3.63, 3.8) is 0 Å². The summed E-state index contributed by atoms with van der Waals surface area (Å²) in [5.74, 6) is 0.855. The van der Waals surface area contributed by atoms with Gasteiger partial charge in [0.2, 0.25) is 18.6 Å². The maximum Gasteiger partial charge on any atom is 0.247 e. The number of aliphatic hydroxyl groups excluding tert-OH is 1. The van der Waals surface area contributed by atoms with Crippen molar-refractivity contribution in [3.8, 4) is 11.5 Å². The minimum atomic E-state index is -0.977. The molecule has 232 valence electrons. The topological polar surface area (TPSA) is 91.3 Å². The number of carbonyl (C=O) groups excluding carboxylic acids is 2. The summed E-state index contributed by atoms with van der Waals surface area (Å²) < 4.78 is 10.9. The van der Waals surface area contributed by atoms with E-state index in [4.69, 9.17) is 9.47 Å². The monoisotopic (exact) mass is 589 g/mol. The van der Waals surface area contributed by atoms with Crippen LogP contribution in [0.25, 0.3) is 0 Å². The Morgan fingerprint density at radius 2 is 1.81 bits per heavy atom. The summed E-state index contributed by atoms with van der Waals surface area (Å²) in [5.41, 5.74) is 6.10. The highest BCUT2D eigenvalue weighted by molar-refractivity contribution is 5.93. The molecular weight excluding hydrogens is 542 g/mol. The summed E-state index contributed by atoms with van der Waals surface area (Å²) in [7, 11) is 0. The van der Waals surface area contributed by atoms with E-state index in [1.54, 1.807) is 4.90 Å². The zero-order valence-electron chi connectivity index (χ0n) is 26.3. The van der Waals surface area contributed by atoms with Crippen LogP contribution in [-0.2, 0) is 16.1 Å². The molecule has 1 aliphatic carbocycles. The van der Waals surface area contributed by atoms with Gasteiger partial charge in [-0.05, 0) is 74.3 Å². The van der Waals surface area contributed by atoms with Gasteiger partial charge in [0.1, 0.15) is 6.04 Å². The van der Waals surface area contributed by atoms with Gasteiger partial charge in [-0.15, -0.1) is 0 Å². The van der Waals surface area contributed by atoms with Gasteiger partial charge in [0.25, 0.3) is 0 Å². The predicted octanol–water partition coefficient (Wildman–Crippen LogP) is 5.07. The number of piperazine rings is 1. The van der Waals surface area contributed by atoms with Crippen LogP contribution in [-0.4, -0.2) is 72.3 Å². The molecule has 1 aromatic rings. The van der Waals surface area contributed by atoms with E-state index in [-0.39, 0.29) is 18.1 Å². The molecule has 0 bridgehead atoms. The van der Waals surface area contributed by atoms with Gasteiger partial charge >= 0.3 is 0 Å². The van der Waals surface area contributed by atoms with E-state index in [1.165, 1.54) is 36.5 Å². The molecule has 0 saturated carbocycles. The maximum absolute atomic E-state index is 13.1. The fourth-order valence-electron chi connectivity index (χ4n) is 5.93. The van der Waals surface area contributed by atoms with Gasteiger partial charge in [-0.2, -0.15) is 0 Å². The Morgan fingerprint density at radius 3 is 2.53 bits per heavy atom. The molecule has 0 aromatic heterocycles. The largest absolute Gasteiger partial charge is 0.454 e. The quantitative estimate of drug-likeness (QED) is 0.293. The van der Waals surface area contributed by atoms with Crippen molar-refractivity contribution in [2.75, 3.05) is 39.6 Å². The van der Waals surface area contributed by atoms with E-state index in [0.29, 0.717) is 26.2 Å². The van der Waals surface area contributed by atoms with Gasteiger partial charge in [-0.25, -0.2) is 0 Å². The number of ether oxygens (including phenoxy) is 2. The second kappa shape index (κ2) is 14.7. The number of aliphatic hydroxyl groups is 1. The zero-order chi connectivity index (χ0) is 31.0.